The molecule has 3 rings (SSSR count). The standard InChI is InChI=1S/C16H23N5O2/c1-11(2)15-14(12(3)18-23-15)16(22)20-7-4-13(5-8-20)10-21-9-6-17-19-21/h6,9,11,13H,4-5,7-8,10H2,1-3H3. The van der Waals surface area contributed by atoms with Gasteiger partial charge < -0.3 is 9.42 Å². The third kappa shape index (κ3) is 3.28. The van der Waals surface area contributed by atoms with E-state index in [1.165, 1.54) is 0 Å². The van der Waals surface area contributed by atoms with Gasteiger partial charge in [-0.3, -0.25) is 9.48 Å². The lowest BCUT2D eigenvalue weighted by molar-refractivity contribution is 0.0677. The van der Waals surface area contributed by atoms with Crippen LogP contribution in [0.5, 0.6) is 0 Å². The van der Waals surface area contributed by atoms with E-state index in [-0.39, 0.29) is 11.8 Å². The largest absolute Gasteiger partial charge is 0.360 e. The van der Waals surface area contributed by atoms with Gasteiger partial charge in [-0.1, -0.05) is 24.2 Å². The molecule has 0 aliphatic carbocycles. The molecule has 1 fully saturated rings. The van der Waals surface area contributed by atoms with Gasteiger partial charge in [0.25, 0.3) is 5.91 Å². The molecule has 3 heterocycles. The Balaban J connectivity index is 1.63. The molecule has 1 aliphatic heterocycles. The number of piperidine rings is 1. The molecule has 0 bridgehead atoms. The molecule has 1 aliphatic rings. The van der Waals surface area contributed by atoms with Crippen molar-refractivity contribution < 1.29 is 9.32 Å². The second-order valence-corrected chi connectivity index (χ2v) is 6.52. The predicted octanol–water partition coefficient (Wildman–Crippen LogP) is 2.25. The Hall–Kier alpha value is -2.18. The number of aryl methyl sites for hydroxylation is 1. The summed E-state index contributed by atoms with van der Waals surface area (Å²) in [6.07, 6.45) is 5.54. The first kappa shape index (κ1) is 15.7. The van der Waals surface area contributed by atoms with Gasteiger partial charge in [-0.15, -0.1) is 5.10 Å². The molecule has 0 aromatic carbocycles. The third-order valence-corrected chi connectivity index (χ3v) is 4.45. The monoisotopic (exact) mass is 317 g/mol. The van der Waals surface area contributed by atoms with Crippen molar-refractivity contribution in [1.82, 2.24) is 25.1 Å². The molecule has 7 nitrogen and oxygen atoms in total. The van der Waals surface area contributed by atoms with Crippen LogP contribution in [0, 0.1) is 12.8 Å². The van der Waals surface area contributed by atoms with Gasteiger partial charge in [0, 0.05) is 31.7 Å². The zero-order chi connectivity index (χ0) is 16.4. The van der Waals surface area contributed by atoms with Gasteiger partial charge in [-0.25, -0.2) is 0 Å². The van der Waals surface area contributed by atoms with Crippen molar-refractivity contribution in [1.29, 1.82) is 0 Å². The van der Waals surface area contributed by atoms with Crippen LogP contribution in [0.4, 0.5) is 0 Å². The second kappa shape index (κ2) is 6.52. The lowest BCUT2D eigenvalue weighted by Crippen LogP contribution is -2.39. The van der Waals surface area contributed by atoms with E-state index < -0.39 is 0 Å². The maximum Gasteiger partial charge on any atom is 0.259 e. The van der Waals surface area contributed by atoms with Crippen LogP contribution in [0.1, 0.15) is 54.4 Å². The Morgan fingerprint density at radius 1 is 1.39 bits per heavy atom. The van der Waals surface area contributed by atoms with Crippen LogP contribution in [0.25, 0.3) is 0 Å². The third-order valence-electron chi connectivity index (χ3n) is 4.45. The Morgan fingerprint density at radius 2 is 2.13 bits per heavy atom. The smallest absolute Gasteiger partial charge is 0.259 e. The highest BCUT2D eigenvalue weighted by molar-refractivity contribution is 5.96. The highest BCUT2D eigenvalue weighted by Gasteiger charge is 2.29. The molecule has 7 heteroatoms. The summed E-state index contributed by atoms with van der Waals surface area (Å²) in [5.74, 6) is 1.43. The number of amides is 1. The van der Waals surface area contributed by atoms with Gasteiger partial charge in [0.05, 0.1) is 11.9 Å². The summed E-state index contributed by atoms with van der Waals surface area (Å²) in [5, 5.41) is 11.8. The molecule has 1 saturated heterocycles. The number of aromatic nitrogens is 4. The summed E-state index contributed by atoms with van der Waals surface area (Å²) in [6.45, 7) is 8.26. The van der Waals surface area contributed by atoms with Crippen LogP contribution in [0.2, 0.25) is 0 Å². The fraction of sp³-hybridized carbons (Fsp3) is 0.625. The van der Waals surface area contributed by atoms with E-state index in [0.717, 1.165) is 32.5 Å². The van der Waals surface area contributed by atoms with Crippen molar-refractivity contribution in [2.45, 2.75) is 46.1 Å². The number of carbonyl (C=O) groups is 1. The topological polar surface area (TPSA) is 77.0 Å². The van der Waals surface area contributed by atoms with Crippen molar-refractivity contribution in [2.24, 2.45) is 5.92 Å². The van der Waals surface area contributed by atoms with Gasteiger partial charge in [0.1, 0.15) is 5.56 Å². The zero-order valence-electron chi connectivity index (χ0n) is 13.9. The molecule has 0 saturated carbocycles. The van der Waals surface area contributed by atoms with Crippen LogP contribution < -0.4 is 0 Å². The van der Waals surface area contributed by atoms with Crippen molar-refractivity contribution >= 4 is 5.91 Å². The van der Waals surface area contributed by atoms with Gasteiger partial charge >= 0.3 is 0 Å². The van der Waals surface area contributed by atoms with Crippen molar-refractivity contribution in [3.8, 4) is 0 Å². The summed E-state index contributed by atoms with van der Waals surface area (Å²) in [7, 11) is 0. The van der Waals surface area contributed by atoms with Gasteiger partial charge in [-0.2, -0.15) is 0 Å². The van der Waals surface area contributed by atoms with Crippen molar-refractivity contribution in [2.75, 3.05) is 13.1 Å². The number of likely N-dealkylation sites (tertiary alicyclic amines) is 1. The van der Waals surface area contributed by atoms with E-state index >= 15 is 0 Å². The summed E-state index contributed by atoms with van der Waals surface area (Å²) in [5.41, 5.74) is 1.33. The first-order chi connectivity index (χ1) is 11.1. The molecule has 2 aromatic heterocycles. The highest BCUT2D eigenvalue weighted by atomic mass is 16.5. The van der Waals surface area contributed by atoms with Crippen LogP contribution in [0.15, 0.2) is 16.9 Å². The van der Waals surface area contributed by atoms with E-state index in [0.29, 0.717) is 22.9 Å². The predicted molar refractivity (Wildman–Crippen MR) is 84.0 cm³/mol. The second-order valence-electron chi connectivity index (χ2n) is 6.52. The van der Waals surface area contributed by atoms with Gasteiger partial charge in [0.2, 0.25) is 0 Å². The molecule has 0 radical (unpaired) electrons. The maximum atomic E-state index is 12.8. The quantitative estimate of drug-likeness (QED) is 0.864. The SMILES string of the molecule is Cc1noc(C(C)C)c1C(=O)N1CCC(Cn2ccnn2)CC1. The fourth-order valence-corrected chi connectivity index (χ4v) is 3.11. The molecule has 2 aromatic rings. The number of hydrogen-bond acceptors (Lipinski definition) is 5. The van der Waals surface area contributed by atoms with Crippen LogP contribution in [-0.2, 0) is 6.54 Å². The summed E-state index contributed by atoms with van der Waals surface area (Å²) in [4.78, 5) is 14.7. The van der Waals surface area contributed by atoms with Crippen molar-refractivity contribution in [3.05, 3.63) is 29.4 Å². The first-order valence-corrected chi connectivity index (χ1v) is 8.15. The van der Waals surface area contributed by atoms with Crippen LogP contribution >= 0.6 is 0 Å². The Bertz CT molecular complexity index is 654. The lowest BCUT2D eigenvalue weighted by Gasteiger charge is -2.32. The zero-order valence-corrected chi connectivity index (χ0v) is 13.9. The van der Waals surface area contributed by atoms with E-state index in [1.807, 2.05) is 36.5 Å². The molecular weight excluding hydrogens is 294 g/mol. The van der Waals surface area contributed by atoms with E-state index in [1.54, 1.807) is 6.20 Å². The average molecular weight is 317 g/mol. The molecule has 1 amide bonds. The molecule has 124 valence electrons. The number of nitrogens with zero attached hydrogens (tertiary/aromatic N) is 5. The minimum Gasteiger partial charge on any atom is -0.360 e. The molecule has 0 unspecified atom stereocenters. The Kier molecular flexibility index (Phi) is 4.45. The van der Waals surface area contributed by atoms with E-state index in [4.69, 9.17) is 4.52 Å². The van der Waals surface area contributed by atoms with Gasteiger partial charge in [-0.05, 0) is 25.7 Å². The molecule has 23 heavy (non-hydrogen) atoms. The minimum absolute atomic E-state index is 0.0478. The minimum atomic E-state index is 0.0478. The van der Waals surface area contributed by atoms with E-state index in [9.17, 15) is 4.79 Å². The number of hydrogen-bond donors (Lipinski definition) is 0. The fourth-order valence-electron chi connectivity index (χ4n) is 3.11. The Morgan fingerprint density at radius 3 is 2.74 bits per heavy atom. The summed E-state index contributed by atoms with van der Waals surface area (Å²) in [6, 6.07) is 0. The van der Waals surface area contributed by atoms with Crippen molar-refractivity contribution in [3.63, 3.8) is 0 Å². The van der Waals surface area contributed by atoms with Crippen LogP contribution in [-0.4, -0.2) is 44.0 Å². The Labute approximate surface area is 135 Å². The molecule has 0 N–H and O–H groups in total. The first-order valence-electron chi connectivity index (χ1n) is 8.15. The molecular formula is C16H23N5O2. The lowest BCUT2D eigenvalue weighted by atomic mass is 9.95. The molecule has 0 atom stereocenters. The van der Waals surface area contributed by atoms with Crippen LogP contribution in [0.3, 0.4) is 0 Å². The molecule has 0 spiro atoms. The average Bonchev–Trinajstić information content (AvgIpc) is 3.17. The number of rotatable bonds is 4. The maximum absolute atomic E-state index is 12.8. The summed E-state index contributed by atoms with van der Waals surface area (Å²) >= 11 is 0. The van der Waals surface area contributed by atoms with Gasteiger partial charge in [0.15, 0.2) is 5.76 Å². The van der Waals surface area contributed by atoms with E-state index in [2.05, 4.69) is 15.5 Å². The highest BCUT2D eigenvalue weighted by Crippen LogP contribution is 2.26. The summed E-state index contributed by atoms with van der Waals surface area (Å²) < 4.78 is 7.21. The normalized spacial score (nSPS) is 16.3. The number of carbonyl (C=O) groups excluding carboxylic acids is 1.